The highest BCUT2D eigenvalue weighted by molar-refractivity contribution is 7.47. The summed E-state index contributed by atoms with van der Waals surface area (Å²) in [6.45, 7) is 2.51. The van der Waals surface area contributed by atoms with E-state index in [1.165, 1.54) is 77.0 Å². The van der Waals surface area contributed by atoms with Crippen molar-refractivity contribution in [1.82, 2.24) is 0 Å². The zero-order valence-corrected chi connectivity index (χ0v) is 53.6. The molecule has 0 rings (SSSR count). The van der Waals surface area contributed by atoms with E-state index in [2.05, 4.69) is 93.7 Å². The number of carbonyl (C=O) groups excluding carboxylic acids is 3. The molecular formula is C65H116O16P2. The van der Waals surface area contributed by atoms with Crippen molar-refractivity contribution < 1.29 is 75.8 Å². The molecule has 4 N–H and O–H groups in total. The molecule has 16 nitrogen and oxygen atoms in total. The Kier molecular flexibility index (Phi) is 57.2. The Morgan fingerprint density at radius 1 is 0.349 bits per heavy atom. The van der Waals surface area contributed by atoms with Gasteiger partial charge in [0.2, 0.25) is 0 Å². The Labute approximate surface area is 503 Å². The second-order valence-electron chi connectivity index (χ2n) is 21.5. The number of rotatable bonds is 61. The number of carbonyl (C=O) groups is 3. The van der Waals surface area contributed by atoms with E-state index in [1.807, 2.05) is 0 Å². The molecule has 0 aliphatic rings. The molecular weight excluding hydrogens is 1100 g/mol. The molecule has 0 aromatic heterocycles. The molecule has 0 amide bonds. The maximum absolute atomic E-state index is 12.8. The van der Waals surface area contributed by atoms with Gasteiger partial charge in [-0.1, -0.05) is 229 Å². The topological polar surface area (TPSA) is 231 Å². The van der Waals surface area contributed by atoms with Crippen LogP contribution in [0.25, 0.3) is 0 Å². The molecule has 83 heavy (non-hydrogen) atoms. The van der Waals surface area contributed by atoms with Crippen LogP contribution >= 0.6 is 15.6 Å². The Morgan fingerprint density at radius 2 is 0.639 bits per heavy atom. The van der Waals surface area contributed by atoms with Crippen molar-refractivity contribution >= 4 is 33.6 Å². The Bertz CT molecular complexity index is 1820. The highest BCUT2D eigenvalue weighted by Gasteiger charge is 2.29. The minimum atomic E-state index is -4.91. The molecule has 5 atom stereocenters. The van der Waals surface area contributed by atoms with Crippen molar-refractivity contribution in [3.8, 4) is 0 Å². The van der Waals surface area contributed by atoms with Crippen LogP contribution in [0.2, 0.25) is 0 Å². The van der Waals surface area contributed by atoms with E-state index in [0.717, 1.165) is 128 Å². The smallest absolute Gasteiger partial charge is 0.463 e. The minimum Gasteiger partial charge on any atom is -0.463 e. The van der Waals surface area contributed by atoms with E-state index >= 15 is 0 Å². The molecule has 0 fully saturated rings. The minimum absolute atomic E-state index is 0.107. The van der Waals surface area contributed by atoms with E-state index < -0.39 is 91.5 Å². The number of aliphatic hydroxyl groups excluding tert-OH is 2. The maximum atomic E-state index is 12.8. The lowest BCUT2D eigenvalue weighted by molar-refractivity contribution is -0.161. The molecule has 0 spiro atoms. The average molecular weight is 1220 g/mol. The second-order valence-corrected chi connectivity index (χ2v) is 24.4. The molecule has 0 aromatic rings. The van der Waals surface area contributed by atoms with E-state index in [9.17, 15) is 43.5 Å². The summed E-state index contributed by atoms with van der Waals surface area (Å²) in [5, 5.41) is 20.5. The number of allylic oxidation sites excluding steroid dienone is 12. The lowest BCUT2D eigenvalue weighted by atomic mass is 10.1. The molecule has 0 bridgehead atoms. The van der Waals surface area contributed by atoms with Crippen molar-refractivity contribution in [2.75, 3.05) is 39.6 Å². The molecule has 18 heteroatoms. The standard InChI is InChI=1S/C65H116O16P2/c1-4-7-10-13-16-19-22-24-26-27-28-29-30-31-33-35-37-39-42-45-48-51-63(68)75-54-60(66)55-77-82(71,72)78-56-61(67)57-79-83(73,74)80-59-62(81-65(70)53-50-47-44-41-36-21-18-15-12-9-6-3)58-76-64(69)52-49-46-43-40-38-34-32-25-23-20-17-14-11-8-5-2/h7,10,16,19,24-26,28-29,31-33,60-62,66-67H,4-6,8-9,11-15,17-18,20-23,27,30,34-59H2,1-3H3,(H,71,72)(H,73,74)/b10-7-,19-16-,26-24-,29-28-,32-25-,33-31-. The summed E-state index contributed by atoms with van der Waals surface area (Å²) < 4.78 is 60.7. The van der Waals surface area contributed by atoms with Crippen LogP contribution < -0.4 is 0 Å². The fraction of sp³-hybridized carbons (Fsp3) is 0.769. The molecule has 0 radical (unpaired) electrons. The predicted octanol–water partition coefficient (Wildman–Crippen LogP) is 17.2. The molecule has 0 heterocycles. The Hall–Kier alpha value is -3.01. The van der Waals surface area contributed by atoms with Crippen LogP contribution in [-0.2, 0) is 55.8 Å². The number of hydrogen-bond acceptors (Lipinski definition) is 14. The largest absolute Gasteiger partial charge is 0.472 e. The third-order valence-electron chi connectivity index (χ3n) is 13.4. The van der Waals surface area contributed by atoms with E-state index in [4.69, 9.17) is 32.3 Å². The SMILES string of the molecule is CC/C=C\C/C=C\C/C=C\C/C=C\C/C=C\CCCCCCCC(=O)OCC(O)COP(=O)(O)OCC(O)COP(=O)(O)OCC(COC(=O)CCCCCCC/C=C\CCCCCCCC)OC(=O)CCCCCCCCCCCCC. The summed E-state index contributed by atoms with van der Waals surface area (Å²) in [7, 11) is -9.76. The highest BCUT2D eigenvalue weighted by atomic mass is 31.2. The molecule has 0 saturated carbocycles. The first-order valence-corrected chi connectivity index (χ1v) is 35.2. The van der Waals surface area contributed by atoms with Crippen LogP contribution in [0.4, 0.5) is 0 Å². The van der Waals surface area contributed by atoms with Crippen molar-refractivity contribution in [3.63, 3.8) is 0 Å². The van der Waals surface area contributed by atoms with Gasteiger partial charge in [-0.05, 0) is 89.9 Å². The lowest BCUT2D eigenvalue weighted by Gasteiger charge is -2.21. The fourth-order valence-corrected chi connectivity index (χ4v) is 10.1. The van der Waals surface area contributed by atoms with Gasteiger partial charge in [0, 0.05) is 19.3 Å². The second kappa shape index (κ2) is 59.3. The zero-order valence-electron chi connectivity index (χ0n) is 51.9. The van der Waals surface area contributed by atoms with Crippen molar-refractivity contribution in [2.24, 2.45) is 0 Å². The Morgan fingerprint density at radius 3 is 1.02 bits per heavy atom. The first-order chi connectivity index (χ1) is 40.2. The van der Waals surface area contributed by atoms with Crippen molar-refractivity contribution in [1.29, 1.82) is 0 Å². The van der Waals surface area contributed by atoms with Crippen molar-refractivity contribution in [2.45, 2.75) is 283 Å². The van der Waals surface area contributed by atoms with Gasteiger partial charge in [0.05, 0.1) is 26.4 Å². The molecule has 0 aliphatic heterocycles. The number of esters is 3. The zero-order chi connectivity index (χ0) is 61.0. The van der Waals surface area contributed by atoms with Gasteiger partial charge in [0.25, 0.3) is 0 Å². The molecule has 0 saturated heterocycles. The highest BCUT2D eigenvalue weighted by Crippen LogP contribution is 2.45. The molecule has 5 unspecified atom stereocenters. The molecule has 0 aromatic carbocycles. The third kappa shape index (κ3) is 60.5. The number of hydrogen-bond donors (Lipinski definition) is 4. The van der Waals surface area contributed by atoms with Crippen LogP contribution in [0.1, 0.15) is 265 Å². The molecule has 482 valence electrons. The summed E-state index contributed by atoms with van der Waals surface area (Å²) in [6.07, 6.45) is 59.7. The number of aliphatic hydroxyl groups is 2. The van der Waals surface area contributed by atoms with Gasteiger partial charge in [0.1, 0.15) is 25.4 Å². The number of unbranched alkanes of at least 4 members (excludes halogenated alkanes) is 26. The summed E-state index contributed by atoms with van der Waals surface area (Å²) in [5.41, 5.74) is 0. The van der Waals surface area contributed by atoms with Gasteiger partial charge in [0.15, 0.2) is 6.10 Å². The van der Waals surface area contributed by atoms with Crippen LogP contribution in [0, 0.1) is 0 Å². The first kappa shape index (κ1) is 80.0. The Balaban J connectivity index is 4.58. The molecule has 0 aliphatic carbocycles. The van der Waals surface area contributed by atoms with Gasteiger partial charge in [-0.25, -0.2) is 9.13 Å². The first-order valence-electron chi connectivity index (χ1n) is 32.2. The van der Waals surface area contributed by atoms with E-state index in [-0.39, 0.29) is 19.3 Å². The average Bonchev–Trinajstić information content (AvgIpc) is 3.46. The quantitative estimate of drug-likeness (QED) is 0.0146. The summed E-state index contributed by atoms with van der Waals surface area (Å²) in [5.74, 6) is -1.59. The third-order valence-corrected chi connectivity index (χ3v) is 15.3. The van der Waals surface area contributed by atoms with Gasteiger partial charge in [-0.3, -0.25) is 32.5 Å². The number of ether oxygens (including phenoxy) is 3. The normalized spacial score (nSPS) is 14.8. The summed E-state index contributed by atoms with van der Waals surface area (Å²) in [6, 6.07) is 0. The maximum Gasteiger partial charge on any atom is 0.472 e. The van der Waals surface area contributed by atoms with Crippen LogP contribution in [-0.4, -0.2) is 95.9 Å². The predicted molar refractivity (Wildman–Crippen MR) is 335 cm³/mol. The van der Waals surface area contributed by atoms with Gasteiger partial charge >= 0.3 is 33.6 Å². The van der Waals surface area contributed by atoms with Crippen LogP contribution in [0.5, 0.6) is 0 Å². The van der Waals surface area contributed by atoms with Crippen LogP contribution in [0.3, 0.4) is 0 Å². The van der Waals surface area contributed by atoms with E-state index in [1.54, 1.807) is 0 Å². The van der Waals surface area contributed by atoms with Gasteiger partial charge in [-0.2, -0.15) is 0 Å². The summed E-state index contributed by atoms with van der Waals surface area (Å²) in [4.78, 5) is 58.1. The van der Waals surface area contributed by atoms with E-state index in [0.29, 0.717) is 19.3 Å². The van der Waals surface area contributed by atoms with Gasteiger partial charge < -0.3 is 34.2 Å². The lowest BCUT2D eigenvalue weighted by Crippen LogP contribution is -2.30. The summed E-state index contributed by atoms with van der Waals surface area (Å²) >= 11 is 0. The van der Waals surface area contributed by atoms with Crippen molar-refractivity contribution in [3.05, 3.63) is 72.9 Å². The number of phosphoric acid groups is 2. The monoisotopic (exact) mass is 1210 g/mol. The van der Waals surface area contributed by atoms with Crippen LogP contribution in [0.15, 0.2) is 72.9 Å². The fourth-order valence-electron chi connectivity index (χ4n) is 8.47. The van der Waals surface area contributed by atoms with Gasteiger partial charge in [-0.15, -0.1) is 0 Å². The number of phosphoric ester groups is 2.